The summed E-state index contributed by atoms with van der Waals surface area (Å²) in [7, 11) is -3.82. The average Bonchev–Trinajstić information content (AvgIpc) is 3.40. The van der Waals surface area contributed by atoms with E-state index in [1.54, 1.807) is 18.2 Å². The summed E-state index contributed by atoms with van der Waals surface area (Å²) < 4.78 is 28.1. The van der Waals surface area contributed by atoms with Gasteiger partial charge >= 0.3 is 0 Å². The number of fused-ring (bicyclic) bond motifs is 2. The van der Waals surface area contributed by atoms with Gasteiger partial charge in [-0.2, -0.15) is 0 Å². The highest BCUT2D eigenvalue weighted by Gasteiger charge is 2.31. The summed E-state index contributed by atoms with van der Waals surface area (Å²) in [4.78, 5) is 26.3. The SMILES string of the molecule is NC(=O)c1c(NC(=O)c2cccc(S(=O)(=O)N3CCc4ccccc43)c2)sc2c1CCCC2. The molecule has 9 heteroatoms. The van der Waals surface area contributed by atoms with Crippen molar-refractivity contribution in [1.82, 2.24) is 0 Å². The van der Waals surface area contributed by atoms with E-state index < -0.39 is 21.8 Å². The Morgan fingerprint density at radius 1 is 1.00 bits per heavy atom. The van der Waals surface area contributed by atoms with Gasteiger partial charge in [0.15, 0.2) is 0 Å². The van der Waals surface area contributed by atoms with Crippen LogP contribution in [-0.4, -0.2) is 26.8 Å². The summed E-state index contributed by atoms with van der Waals surface area (Å²) in [5.74, 6) is -1.04. The fourth-order valence-electron chi connectivity index (χ4n) is 4.57. The second kappa shape index (κ2) is 8.31. The highest BCUT2D eigenvalue weighted by molar-refractivity contribution is 7.92. The molecule has 0 bridgehead atoms. The number of nitrogens with zero attached hydrogens (tertiary/aromatic N) is 1. The predicted molar refractivity (Wildman–Crippen MR) is 129 cm³/mol. The summed E-state index contributed by atoms with van der Waals surface area (Å²) >= 11 is 1.38. The first kappa shape index (κ1) is 21.7. The number of rotatable bonds is 5. The summed E-state index contributed by atoms with van der Waals surface area (Å²) in [5, 5.41) is 3.23. The Kier molecular flexibility index (Phi) is 5.46. The normalized spacial score (nSPS) is 15.1. The molecule has 1 aliphatic carbocycles. The number of carbonyl (C=O) groups excluding carboxylic acids is 2. The number of primary amides is 1. The van der Waals surface area contributed by atoms with Crippen molar-refractivity contribution >= 4 is 43.9 Å². The first-order valence-electron chi connectivity index (χ1n) is 10.8. The number of nitrogens with one attached hydrogen (secondary N) is 1. The maximum absolute atomic E-state index is 13.3. The van der Waals surface area contributed by atoms with Crippen LogP contribution in [-0.2, 0) is 29.3 Å². The van der Waals surface area contributed by atoms with Crippen molar-refractivity contribution in [3.63, 3.8) is 0 Å². The molecule has 170 valence electrons. The van der Waals surface area contributed by atoms with Crippen LogP contribution < -0.4 is 15.4 Å². The van der Waals surface area contributed by atoms with E-state index in [1.807, 2.05) is 18.2 Å². The second-order valence-electron chi connectivity index (χ2n) is 8.22. The van der Waals surface area contributed by atoms with Gasteiger partial charge in [0.25, 0.3) is 21.8 Å². The van der Waals surface area contributed by atoms with Gasteiger partial charge in [-0.3, -0.25) is 13.9 Å². The number of anilines is 2. The minimum atomic E-state index is -3.82. The number of sulfonamides is 1. The van der Waals surface area contributed by atoms with Gasteiger partial charge in [-0.15, -0.1) is 11.3 Å². The first-order valence-corrected chi connectivity index (χ1v) is 13.1. The highest BCUT2D eigenvalue weighted by Crippen LogP contribution is 2.38. The molecule has 0 spiro atoms. The van der Waals surface area contributed by atoms with Crippen molar-refractivity contribution in [1.29, 1.82) is 0 Å². The maximum Gasteiger partial charge on any atom is 0.264 e. The molecule has 0 radical (unpaired) electrons. The standard InChI is InChI=1S/C24H23N3O4S2/c25-22(28)21-18-9-2-4-11-20(18)32-24(21)26-23(29)16-7-5-8-17(14-16)33(30,31)27-13-12-15-6-1-3-10-19(15)27/h1,3,5-8,10,14H,2,4,9,11-13H2,(H2,25,28)(H,26,29). The third kappa shape index (κ3) is 3.81. The maximum atomic E-state index is 13.3. The fourth-order valence-corrected chi connectivity index (χ4v) is 7.41. The molecule has 2 heterocycles. The fraction of sp³-hybridized carbons (Fsp3) is 0.250. The number of aryl methyl sites for hydroxylation is 1. The number of thiophene rings is 1. The third-order valence-electron chi connectivity index (χ3n) is 6.17. The van der Waals surface area contributed by atoms with Crippen LogP contribution in [0.4, 0.5) is 10.7 Å². The quantitative estimate of drug-likeness (QED) is 0.579. The van der Waals surface area contributed by atoms with E-state index in [0.717, 1.165) is 41.7 Å². The zero-order valence-corrected chi connectivity index (χ0v) is 19.5. The molecule has 0 unspecified atom stereocenters. The van der Waals surface area contributed by atoms with E-state index >= 15 is 0 Å². The van der Waals surface area contributed by atoms with E-state index in [1.165, 1.54) is 27.8 Å². The molecule has 0 fully saturated rings. The molecule has 2 aromatic carbocycles. The van der Waals surface area contributed by atoms with Crippen LogP contribution in [0.25, 0.3) is 0 Å². The van der Waals surface area contributed by atoms with Crippen molar-refractivity contribution in [2.75, 3.05) is 16.2 Å². The van der Waals surface area contributed by atoms with Gasteiger partial charge in [0.05, 0.1) is 16.1 Å². The van der Waals surface area contributed by atoms with E-state index in [2.05, 4.69) is 5.32 Å². The molecular weight excluding hydrogens is 458 g/mol. The van der Waals surface area contributed by atoms with Crippen LogP contribution in [0.1, 0.15) is 49.6 Å². The van der Waals surface area contributed by atoms with Crippen LogP contribution in [0.15, 0.2) is 53.4 Å². The van der Waals surface area contributed by atoms with Gasteiger partial charge in [0.2, 0.25) is 0 Å². The third-order valence-corrected chi connectivity index (χ3v) is 9.19. The number of nitrogens with two attached hydrogens (primary N) is 1. The lowest BCUT2D eigenvalue weighted by Crippen LogP contribution is -2.29. The van der Waals surface area contributed by atoms with Gasteiger partial charge in [-0.1, -0.05) is 24.3 Å². The smallest absolute Gasteiger partial charge is 0.264 e. The van der Waals surface area contributed by atoms with Gasteiger partial charge in [-0.05, 0) is 67.5 Å². The highest BCUT2D eigenvalue weighted by atomic mass is 32.2. The van der Waals surface area contributed by atoms with Gasteiger partial charge in [-0.25, -0.2) is 8.42 Å². The molecule has 0 atom stereocenters. The number of benzene rings is 2. The van der Waals surface area contributed by atoms with Gasteiger partial charge < -0.3 is 11.1 Å². The Balaban J connectivity index is 1.44. The number of hydrogen-bond acceptors (Lipinski definition) is 5. The van der Waals surface area contributed by atoms with Crippen molar-refractivity contribution in [3.05, 3.63) is 75.7 Å². The minimum Gasteiger partial charge on any atom is -0.365 e. The molecular formula is C24H23N3O4S2. The van der Waals surface area contributed by atoms with E-state index in [4.69, 9.17) is 5.73 Å². The lowest BCUT2D eigenvalue weighted by Gasteiger charge is -2.20. The molecule has 0 saturated heterocycles. The van der Waals surface area contributed by atoms with E-state index in [-0.39, 0.29) is 10.5 Å². The first-order chi connectivity index (χ1) is 15.9. The van der Waals surface area contributed by atoms with Crippen LogP contribution in [0, 0.1) is 0 Å². The summed E-state index contributed by atoms with van der Waals surface area (Å²) in [6.45, 7) is 0.362. The van der Waals surface area contributed by atoms with Crippen molar-refractivity contribution in [2.45, 2.75) is 37.0 Å². The van der Waals surface area contributed by atoms with E-state index in [0.29, 0.717) is 29.2 Å². The minimum absolute atomic E-state index is 0.0486. The van der Waals surface area contributed by atoms with E-state index in [9.17, 15) is 18.0 Å². The molecule has 2 aliphatic rings. The zero-order chi connectivity index (χ0) is 23.2. The van der Waals surface area contributed by atoms with Crippen molar-refractivity contribution in [3.8, 4) is 0 Å². The largest absolute Gasteiger partial charge is 0.365 e. The predicted octanol–water partition coefficient (Wildman–Crippen LogP) is 3.73. The Bertz CT molecular complexity index is 1380. The molecule has 3 N–H and O–H groups in total. The lowest BCUT2D eigenvalue weighted by atomic mass is 9.95. The average molecular weight is 482 g/mol. The van der Waals surface area contributed by atoms with Gasteiger partial charge in [0.1, 0.15) is 5.00 Å². The molecule has 1 aliphatic heterocycles. The lowest BCUT2D eigenvalue weighted by molar-refractivity contribution is 0.100. The van der Waals surface area contributed by atoms with Crippen LogP contribution >= 0.6 is 11.3 Å². The molecule has 5 rings (SSSR count). The molecule has 1 aromatic heterocycles. The Hall–Kier alpha value is -3.17. The van der Waals surface area contributed by atoms with Gasteiger partial charge in [0, 0.05) is 17.0 Å². The summed E-state index contributed by atoms with van der Waals surface area (Å²) in [6.07, 6.45) is 4.30. The van der Waals surface area contributed by atoms with Crippen molar-refractivity contribution in [2.24, 2.45) is 5.73 Å². The molecule has 33 heavy (non-hydrogen) atoms. The second-order valence-corrected chi connectivity index (χ2v) is 11.2. The Morgan fingerprint density at radius 2 is 1.79 bits per heavy atom. The topological polar surface area (TPSA) is 110 Å². The molecule has 0 saturated carbocycles. The monoisotopic (exact) mass is 481 g/mol. The number of carbonyl (C=O) groups is 2. The number of amides is 2. The summed E-state index contributed by atoms with van der Waals surface area (Å²) in [5.41, 5.74) is 8.77. The van der Waals surface area contributed by atoms with Crippen LogP contribution in [0.2, 0.25) is 0 Å². The number of para-hydroxylation sites is 1. The summed E-state index contributed by atoms with van der Waals surface area (Å²) in [6, 6.07) is 13.4. The molecule has 3 aromatic rings. The van der Waals surface area contributed by atoms with Crippen LogP contribution in [0.5, 0.6) is 0 Å². The molecule has 7 nitrogen and oxygen atoms in total. The number of hydrogen-bond donors (Lipinski definition) is 2. The van der Waals surface area contributed by atoms with Crippen LogP contribution in [0.3, 0.4) is 0 Å². The Morgan fingerprint density at radius 3 is 2.61 bits per heavy atom. The zero-order valence-electron chi connectivity index (χ0n) is 17.8. The Labute approximate surface area is 196 Å². The van der Waals surface area contributed by atoms with Crippen molar-refractivity contribution < 1.29 is 18.0 Å². The molecule has 2 amide bonds.